The van der Waals surface area contributed by atoms with Crippen LogP contribution >= 0.6 is 0 Å². The number of aromatic nitrogens is 1. The van der Waals surface area contributed by atoms with Crippen LogP contribution in [-0.4, -0.2) is 53.9 Å². The summed E-state index contributed by atoms with van der Waals surface area (Å²) in [4.78, 5) is 6.92. The molecule has 1 aromatic heterocycles. The van der Waals surface area contributed by atoms with E-state index in [-0.39, 0.29) is 34.0 Å². The summed E-state index contributed by atoms with van der Waals surface area (Å²) < 4.78 is 12.3. The molecule has 0 spiro atoms. The smallest absolute Gasteiger partial charge is 0.213 e. The Hall–Kier alpha value is -1.59. The van der Waals surface area contributed by atoms with E-state index in [0.29, 0.717) is 0 Å². The molecule has 0 bridgehead atoms. The molecule has 0 amide bonds. The minimum atomic E-state index is 0.0982. The van der Waals surface area contributed by atoms with Gasteiger partial charge in [0.15, 0.2) is 0 Å². The summed E-state index contributed by atoms with van der Waals surface area (Å²) in [6, 6.07) is 4.18. The Morgan fingerprint density at radius 2 is 1.71 bits per heavy atom. The third-order valence-electron chi connectivity index (χ3n) is 7.49. The number of pyridine rings is 1. The summed E-state index contributed by atoms with van der Waals surface area (Å²) in [6.45, 7) is 28.9. The van der Waals surface area contributed by atoms with Crippen molar-refractivity contribution in [1.82, 2.24) is 15.2 Å². The van der Waals surface area contributed by atoms with E-state index in [4.69, 9.17) is 9.47 Å². The molecule has 1 unspecified atom stereocenters. The number of hydrogen-bond acceptors (Lipinski definition) is 5. The molecule has 1 aliphatic rings. The Bertz CT molecular complexity index is 864. The van der Waals surface area contributed by atoms with Crippen LogP contribution in [-0.2, 0) is 10.2 Å². The predicted octanol–water partition coefficient (Wildman–Crippen LogP) is 7.75. The highest BCUT2D eigenvalue weighted by Crippen LogP contribution is 2.40. The lowest BCUT2D eigenvalue weighted by Gasteiger charge is -2.37. The maximum absolute atomic E-state index is 6.22. The molecule has 5 heteroatoms. The summed E-state index contributed by atoms with van der Waals surface area (Å²) in [5.41, 5.74) is 2.06. The van der Waals surface area contributed by atoms with E-state index in [9.17, 15) is 0 Å². The van der Waals surface area contributed by atoms with Gasteiger partial charge in [-0.1, -0.05) is 48.5 Å². The van der Waals surface area contributed by atoms with Gasteiger partial charge in [-0.15, -0.1) is 0 Å². The largest absolute Gasteiger partial charge is 0.475 e. The van der Waals surface area contributed by atoms with E-state index in [2.05, 4.69) is 116 Å². The predicted molar refractivity (Wildman–Crippen MR) is 162 cm³/mol. The molecule has 2 atom stereocenters. The SMILES string of the molecule is C[C@@H](CCC(C)(C)CC(C)(C)CCN1C=CC(OCCNC(C)(C)C)CC1)Oc1cc(C(C)(C)C)ccn1. The molecule has 0 aliphatic carbocycles. The van der Waals surface area contributed by atoms with E-state index in [1.807, 2.05) is 6.20 Å². The Morgan fingerprint density at radius 3 is 2.32 bits per heavy atom. The van der Waals surface area contributed by atoms with E-state index >= 15 is 0 Å². The zero-order valence-electron chi connectivity index (χ0n) is 26.6. The quantitative estimate of drug-likeness (QED) is 0.250. The third kappa shape index (κ3) is 13.0. The second kappa shape index (κ2) is 13.7. The molecule has 0 radical (unpaired) electrons. The molecular weight excluding hydrogens is 470 g/mol. The van der Waals surface area contributed by atoms with Gasteiger partial charge in [-0.05, 0) is 99.9 Å². The average Bonchev–Trinajstić information content (AvgIpc) is 2.78. The second-order valence-corrected chi connectivity index (χ2v) is 15.1. The maximum atomic E-state index is 6.22. The maximum Gasteiger partial charge on any atom is 0.213 e. The van der Waals surface area contributed by atoms with Gasteiger partial charge in [0.1, 0.15) is 0 Å². The molecule has 2 rings (SSSR count). The van der Waals surface area contributed by atoms with Gasteiger partial charge < -0.3 is 19.7 Å². The molecule has 0 saturated heterocycles. The van der Waals surface area contributed by atoms with Crippen molar-refractivity contribution in [2.75, 3.05) is 26.2 Å². The highest BCUT2D eigenvalue weighted by atomic mass is 16.5. The topological polar surface area (TPSA) is 46.6 Å². The fourth-order valence-electron chi connectivity index (χ4n) is 5.36. The van der Waals surface area contributed by atoms with Crippen LogP contribution in [0.5, 0.6) is 5.88 Å². The van der Waals surface area contributed by atoms with E-state index in [1.165, 1.54) is 18.4 Å². The van der Waals surface area contributed by atoms with Crippen LogP contribution in [0.15, 0.2) is 30.6 Å². The van der Waals surface area contributed by atoms with Crippen LogP contribution in [0.2, 0.25) is 0 Å². The van der Waals surface area contributed by atoms with Crippen molar-refractivity contribution in [3.05, 3.63) is 36.2 Å². The normalized spacial score (nSPS) is 18.1. The second-order valence-electron chi connectivity index (χ2n) is 15.1. The van der Waals surface area contributed by atoms with Crippen molar-refractivity contribution in [2.45, 2.75) is 131 Å². The van der Waals surface area contributed by atoms with Crippen molar-refractivity contribution in [1.29, 1.82) is 0 Å². The highest BCUT2D eigenvalue weighted by molar-refractivity contribution is 5.26. The molecule has 1 aromatic rings. The van der Waals surface area contributed by atoms with Gasteiger partial charge >= 0.3 is 0 Å². The van der Waals surface area contributed by atoms with Crippen LogP contribution < -0.4 is 10.1 Å². The van der Waals surface area contributed by atoms with Crippen molar-refractivity contribution in [2.24, 2.45) is 10.8 Å². The number of rotatable bonds is 14. The molecule has 1 N–H and O–H groups in total. The van der Waals surface area contributed by atoms with E-state index in [0.717, 1.165) is 51.4 Å². The fraction of sp³-hybridized carbons (Fsp3) is 0.788. The van der Waals surface area contributed by atoms with Crippen LogP contribution in [0.1, 0.15) is 114 Å². The highest BCUT2D eigenvalue weighted by Gasteiger charge is 2.30. The number of nitrogens with one attached hydrogen (secondary N) is 1. The Labute approximate surface area is 235 Å². The van der Waals surface area contributed by atoms with E-state index < -0.39 is 0 Å². The van der Waals surface area contributed by atoms with Gasteiger partial charge in [0.25, 0.3) is 0 Å². The van der Waals surface area contributed by atoms with Crippen molar-refractivity contribution >= 4 is 0 Å². The lowest BCUT2D eigenvalue weighted by molar-refractivity contribution is 0.0632. The summed E-state index contributed by atoms with van der Waals surface area (Å²) in [7, 11) is 0. The van der Waals surface area contributed by atoms with Crippen LogP contribution in [0.3, 0.4) is 0 Å². The molecule has 0 aromatic carbocycles. The molecular formula is C33H59N3O2. The standard InChI is InChI=1S/C33H59N3O2/c1-26(38-29-24-27(13-18-34-29)30(2,3)4)12-16-32(8,9)25-33(10,11)17-22-36-20-14-28(15-21-36)37-23-19-35-31(5,6)7/h13-14,18,20,24,26,28,35H,12,15-17,19,21-23,25H2,1-11H3/t26-,28?/m0/s1. The monoisotopic (exact) mass is 529 g/mol. The first-order valence-corrected chi connectivity index (χ1v) is 14.9. The molecule has 0 fully saturated rings. The van der Waals surface area contributed by atoms with Gasteiger partial charge in [-0.25, -0.2) is 4.98 Å². The molecule has 1 aliphatic heterocycles. The molecule has 218 valence electrons. The van der Waals surface area contributed by atoms with Gasteiger partial charge in [0.05, 0.1) is 18.8 Å². The first-order valence-electron chi connectivity index (χ1n) is 14.9. The lowest BCUT2D eigenvalue weighted by atomic mass is 9.71. The Balaban J connectivity index is 1.73. The third-order valence-corrected chi connectivity index (χ3v) is 7.49. The zero-order chi connectivity index (χ0) is 28.6. The van der Waals surface area contributed by atoms with Crippen LogP contribution in [0.25, 0.3) is 0 Å². The fourth-order valence-corrected chi connectivity index (χ4v) is 5.36. The summed E-state index contributed by atoms with van der Waals surface area (Å²) in [5.74, 6) is 0.742. The minimum Gasteiger partial charge on any atom is -0.475 e. The molecule has 0 saturated carbocycles. The number of nitrogens with zero attached hydrogens (tertiary/aromatic N) is 2. The van der Waals surface area contributed by atoms with Crippen LogP contribution in [0.4, 0.5) is 0 Å². The van der Waals surface area contributed by atoms with Gasteiger partial charge in [-0.3, -0.25) is 0 Å². The molecule has 38 heavy (non-hydrogen) atoms. The molecule has 5 nitrogen and oxygen atoms in total. The first kappa shape index (κ1) is 32.6. The number of hydrogen-bond donors (Lipinski definition) is 1. The Kier molecular flexibility index (Phi) is 11.7. The van der Waals surface area contributed by atoms with Gasteiger partial charge in [0.2, 0.25) is 5.88 Å². The minimum absolute atomic E-state index is 0.0982. The summed E-state index contributed by atoms with van der Waals surface area (Å²) in [6.07, 6.45) is 12.4. The number of ether oxygens (including phenoxy) is 2. The zero-order valence-corrected chi connectivity index (χ0v) is 26.6. The Morgan fingerprint density at radius 1 is 1.03 bits per heavy atom. The van der Waals surface area contributed by atoms with Crippen molar-refractivity contribution < 1.29 is 9.47 Å². The summed E-state index contributed by atoms with van der Waals surface area (Å²) >= 11 is 0. The van der Waals surface area contributed by atoms with Crippen molar-refractivity contribution in [3.63, 3.8) is 0 Å². The van der Waals surface area contributed by atoms with Crippen LogP contribution in [0, 0.1) is 10.8 Å². The van der Waals surface area contributed by atoms with E-state index in [1.54, 1.807) is 0 Å². The first-order chi connectivity index (χ1) is 17.4. The lowest BCUT2D eigenvalue weighted by Crippen LogP contribution is -2.39. The van der Waals surface area contributed by atoms with Crippen molar-refractivity contribution in [3.8, 4) is 5.88 Å². The molecule has 2 heterocycles. The van der Waals surface area contributed by atoms with Gasteiger partial charge in [-0.2, -0.15) is 0 Å². The average molecular weight is 530 g/mol. The summed E-state index contributed by atoms with van der Waals surface area (Å²) in [5, 5.41) is 3.49. The van der Waals surface area contributed by atoms with Gasteiger partial charge in [0, 0.05) is 37.4 Å².